The lowest BCUT2D eigenvalue weighted by atomic mass is 9.86. The van der Waals surface area contributed by atoms with Crippen LogP contribution in [0.4, 0.5) is 0 Å². The lowest BCUT2D eigenvalue weighted by molar-refractivity contribution is -0.146. The van der Waals surface area contributed by atoms with Gasteiger partial charge in [-0.25, -0.2) is 4.68 Å². The maximum Gasteiger partial charge on any atom is 0.308 e. The number of carbonyl (C=O) groups is 1. The number of hydrogen-bond acceptors (Lipinski definition) is 3. The second kappa shape index (κ2) is 6.54. The summed E-state index contributed by atoms with van der Waals surface area (Å²) in [5.74, 6) is -0.958. The van der Waals surface area contributed by atoms with Crippen LogP contribution < -0.4 is 0 Å². The zero-order valence-corrected chi connectivity index (χ0v) is 13.6. The average molecular weight is 313 g/mol. The molecular weight excluding hydrogens is 290 g/mol. The number of carboxylic acids is 1. The molecule has 0 unspecified atom stereocenters. The molecule has 2 aromatic rings. The van der Waals surface area contributed by atoms with Crippen molar-refractivity contribution in [2.45, 2.75) is 45.3 Å². The minimum Gasteiger partial charge on any atom is -0.481 e. The Hall–Kier alpha value is -2.14. The van der Waals surface area contributed by atoms with Crippen molar-refractivity contribution in [1.82, 2.24) is 14.7 Å². The maximum absolute atomic E-state index is 11.4. The Bertz CT molecular complexity index is 669. The molecule has 0 amide bonds. The van der Waals surface area contributed by atoms with Crippen molar-refractivity contribution >= 4 is 5.97 Å². The van der Waals surface area contributed by atoms with Gasteiger partial charge in [-0.2, -0.15) is 5.10 Å². The van der Waals surface area contributed by atoms with Crippen molar-refractivity contribution < 1.29 is 9.90 Å². The molecule has 1 aromatic carbocycles. The number of aromatic nitrogens is 2. The van der Waals surface area contributed by atoms with Gasteiger partial charge < -0.3 is 5.11 Å². The zero-order valence-electron chi connectivity index (χ0n) is 13.6. The zero-order chi connectivity index (χ0) is 16.4. The number of carboxylic acid groups (broad SMARTS) is 1. The molecular formula is C18H23N3O2. The second-order valence-electron chi connectivity index (χ2n) is 6.40. The minimum absolute atomic E-state index is 0.0459. The molecule has 0 aliphatic carbocycles. The topological polar surface area (TPSA) is 58.4 Å². The van der Waals surface area contributed by atoms with Crippen molar-refractivity contribution in [2.75, 3.05) is 0 Å². The third-order valence-corrected chi connectivity index (χ3v) is 4.93. The van der Waals surface area contributed by atoms with Crippen molar-refractivity contribution in [3.8, 4) is 5.69 Å². The van der Waals surface area contributed by atoms with Crippen LogP contribution in [0.2, 0.25) is 0 Å². The van der Waals surface area contributed by atoms with E-state index in [9.17, 15) is 9.90 Å². The number of piperidine rings is 1. The van der Waals surface area contributed by atoms with Gasteiger partial charge in [-0.05, 0) is 50.5 Å². The molecule has 1 N–H and O–H groups in total. The summed E-state index contributed by atoms with van der Waals surface area (Å²) < 4.78 is 1.84. The first kappa shape index (κ1) is 15.7. The molecule has 0 saturated carbocycles. The van der Waals surface area contributed by atoms with E-state index in [1.807, 2.05) is 36.0 Å². The molecule has 1 aliphatic rings. The SMILES string of the molecule is C[C@@H]1CC[C@H](C(=O)O)[C@H](C)N1Cc1cccc(-n2cccn2)c1. The van der Waals surface area contributed by atoms with Crippen molar-refractivity contribution in [1.29, 1.82) is 0 Å². The van der Waals surface area contributed by atoms with Gasteiger partial charge in [0.05, 0.1) is 11.6 Å². The Balaban J connectivity index is 1.80. The quantitative estimate of drug-likeness (QED) is 0.943. The summed E-state index contributed by atoms with van der Waals surface area (Å²) >= 11 is 0. The first-order chi connectivity index (χ1) is 11.1. The maximum atomic E-state index is 11.4. The summed E-state index contributed by atoms with van der Waals surface area (Å²) in [5.41, 5.74) is 2.21. The van der Waals surface area contributed by atoms with Crippen LogP contribution in [0.15, 0.2) is 42.7 Å². The third kappa shape index (κ3) is 3.29. The standard InChI is InChI=1S/C18H23N3O2/c1-13-7-8-17(18(22)23)14(2)20(13)12-15-5-3-6-16(11-15)21-10-4-9-19-21/h3-6,9-11,13-14,17H,7-8,12H2,1-2H3,(H,22,23)/t13-,14+,17+/m1/s1. The first-order valence-electron chi connectivity index (χ1n) is 8.14. The summed E-state index contributed by atoms with van der Waals surface area (Å²) in [6, 6.07) is 10.6. The lowest BCUT2D eigenvalue weighted by Gasteiger charge is -2.42. The van der Waals surface area contributed by atoms with Crippen molar-refractivity contribution in [2.24, 2.45) is 5.92 Å². The van der Waals surface area contributed by atoms with Crippen LogP contribution in [0.5, 0.6) is 0 Å². The van der Waals surface area contributed by atoms with Crippen molar-refractivity contribution in [3.63, 3.8) is 0 Å². The smallest absolute Gasteiger partial charge is 0.308 e. The highest BCUT2D eigenvalue weighted by atomic mass is 16.4. The highest BCUT2D eigenvalue weighted by Gasteiger charge is 2.36. The van der Waals surface area contributed by atoms with Gasteiger partial charge in [0, 0.05) is 31.0 Å². The lowest BCUT2D eigenvalue weighted by Crippen LogP contribution is -2.50. The van der Waals surface area contributed by atoms with Crippen LogP contribution in [0.25, 0.3) is 5.69 Å². The van der Waals surface area contributed by atoms with E-state index in [2.05, 4.69) is 29.1 Å². The Labute approximate surface area is 136 Å². The molecule has 0 spiro atoms. The highest BCUT2D eigenvalue weighted by Crippen LogP contribution is 2.29. The molecule has 1 saturated heterocycles. The Morgan fingerprint density at radius 1 is 1.30 bits per heavy atom. The number of hydrogen-bond donors (Lipinski definition) is 1. The number of nitrogens with zero attached hydrogens (tertiary/aromatic N) is 3. The molecule has 5 heteroatoms. The number of rotatable bonds is 4. The van der Waals surface area contributed by atoms with Gasteiger partial charge in [0.25, 0.3) is 0 Å². The minimum atomic E-state index is -0.681. The predicted octanol–water partition coefficient (Wildman–Crippen LogP) is 2.95. The average Bonchev–Trinajstić information content (AvgIpc) is 3.06. The van der Waals surface area contributed by atoms with E-state index < -0.39 is 5.97 Å². The van der Waals surface area contributed by atoms with Crippen LogP contribution in [0.1, 0.15) is 32.3 Å². The number of aliphatic carboxylic acids is 1. The molecule has 0 bridgehead atoms. The Kier molecular flexibility index (Phi) is 4.48. The van der Waals surface area contributed by atoms with Crippen LogP contribution in [0.3, 0.4) is 0 Å². The molecule has 122 valence electrons. The molecule has 1 aliphatic heterocycles. The largest absolute Gasteiger partial charge is 0.481 e. The third-order valence-electron chi connectivity index (χ3n) is 4.93. The number of likely N-dealkylation sites (tertiary alicyclic amines) is 1. The monoisotopic (exact) mass is 313 g/mol. The van der Waals surface area contributed by atoms with E-state index in [1.54, 1.807) is 6.20 Å². The van der Waals surface area contributed by atoms with Crippen LogP contribution in [0, 0.1) is 5.92 Å². The number of benzene rings is 1. The molecule has 23 heavy (non-hydrogen) atoms. The molecule has 5 nitrogen and oxygen atoms in total. The fourth-order valence-corrected chi connectivity index (χ4v) is 3.52. The summed E-state index contributed by atoms with van der Waals surface area (Å²) in [7, 11) is 0. The van der Waals surface area contributed by atoms with Gasteiger partial charge in [0.2, 0.25) is 0 Å². The molecule has 3 atom stereocenters. The van der Waals surface area contributed by atoms with Crippen LogP contribution in [-0.2, 0) is 11.3 Å². The first-order valence-corrected chi connectivity index (χ1v) is 8.14. The van der Waals surface area contributed by atoms with Crippen LogP contribution in [-0.4, -0.2) is 37.8 Å². The molecule has 3 rings (SSSR count). The molecule has 1 fully saturated rings. The fourth-order valence-electron chi connectivity index (χ4n) is 3.52. The van der Waals surface area contributed by atoms with Gasteiger partial charge >= 0.3 is 5.97 Å². The van der Waals surface area contributed by atoms with E-state index in [4.69, 9.17) is 0 Å². The van der Waals surface area contributed by atoms with E-state index in [-0.39, 0.29) is 12.0 Å². The summed E-state index contributed by atoms with van der Waals surface area (Å²) in [6.07, 6.45) is 5.38. The fraction of sp³-hybridized carbons (Fsp3) is 0.444. The second-order valence-corrected chi connectivity index (χ2v) is 6.40. The van der Waals surface area contributed by atoms with Gasteiger partial charge in [0.1, 0.15) is 0 Å². The van der Waals surface area contributed by atoms with E-state index in [0.717, 1.165) is 25.1 Å². The van der Waals surface area contributed by atoms with Crippen molar-refractivity contribution in [3.05, 3.63) is 48.3 Å². The molecule has 2 heterocycles. The highest BCUT2D eigenvalue weighted by molar-refractivity contribution is 5.71. The Morgan fingerprint density at radius 2 is 2.13 bits per heavy atom. The van der Waals surface area contributed by atoms with Crippen LogP contribution >= 0.6 is 0 Å². The normalized spacial score (nSPS) is 25.4. The van der Waals surface area contributed by atoms with E-state index >= 15 is 0 Å². The predicted molar refractivity (Wildman–Crippen MR) is 88.4 cm³/mol. The Morgan fingerprint density at radius 3 is 2.83 bits per heavy atom. The van der Waals surface area contributed by atoms with Gasteiger partial charge in [-0.1, -0.05) is 12.1 Å². The van der Waals surface area contributed by atoms with E-state index in [0.29, 0.717) is 6.04 Å². The van der Waals surface area contributed by atoms with Gasteiger partial charge in [-0.3, -0.25) is 9.69 Å². The van der Waals surface area contributed by atoms with Gasteiger partial charge in [-0.15, -0.1) is 0 Å². The molecule has 1 aromatic heterocycles. The molecule has 0 radical (unpaired) electrons. The van der Waals surface area contributed by atoms with E-state index in [1.165, 1.54) is 5.56 Å². The summed E-state index contributed by atoms with van der Waals surface area (Å²) in [6.45, 7) is 4.99. The summed E-state index contributed by atoms with van der Waals surface area (Å²) in [5, 5.41) is 13.7. The van der Waals surface area contributed by atoms with Gasteiger partial charge in [0.15, 0.2) is 0 Å². The summed E-state index contributed by atoms with van der Waals surface area (Å²) in [4.78, 5) is 13.8.